The summed E-state index contributed by atoms with van der Waals surface area (Å²) in [5.41, 5.74) is 7.00. The van der Waals surface area contributed by atoms with Crippen LogP contribution in [0, 0.1) is 5.92 Å². The summed E-state index contributed by atoms with van der Waals surface area (Å²) in [7, 11) is 1.59. The molecule has 22 heavy (non-hydrogen) atoms. The van der Waals surface area contributed by atoms with Crippen molar-refractivity contribution < 1.29 is 9.53 Å². The second-order valence-corrected chi connectivity index (χ2v) is 6.16. The maximum Gasteiger partial charge on any atom is 0.259 e. The van der Waals surface area contributed by atoms with Crippen LogP contribution in [0.15, 0.2) is 40.4 Å². The van der Waals surface area contributed by atoms with E-state index in [1.165, 1.54) is 0 Å². The van der Waals surface area contributed by atoms with Gasteiger partial charge in [0.05, 0.1) is 18.4 Å². The van der Waals surface area contributed by atoms with Crippen LogP contribution in [0.5, 0.6) is 5.75 Å². The standard InChI is InChI=1S/C16H19N3O2S/c1-21-11-4-5-13-12(9-11)16(20)19-15(18-13)14-10(3-2-7-17)6-8-22-14/h4-6,8-10,18H,2-3,7,17H2,1H3,(H,19,20). The van der Waals surface area contributed by atoms with Gasteiger partial charge in [0.15, 0.2) is 0 Å². The maximum atomic E-state index is 12.4. The SMILES string of the molecule is COc1ccc2c(c1)C(=O)NC(=C1SC=CC1CCCN)N2. The summed E-state index contributed by atoms with van der Waals surface area (Å²) in [4.78, 5) is 13.5. The Morgan fingerprint density at radius 3 is 3.00 bits per heavy atom. The highest BCUT2D eigenvalue weighted by molar-refractivity contribution is 8.06. The number of hydrogen-bond acceptors (Lipinski definition) is 5. The van der Waals surface area contributed by atoms with Gasteiger partial charge < -0.3 is 21.1 Å². The molecule has 1 unspecified atom stereocenters. The van der Waals surface area contributed by atoms with Crippen LogP contribution in [0.1, 0.15) is 23.2 Å². The minimum atomic E-state index is -0.111. The van der Waals surface area contributed by atoms with Gasteiger partial charge in [0.1, 0.15) is 11.6 Å². The Kier molecular flexibility index (Phi) is 4.40. The fourth-order valence-corrected chi connectivity index (χ4v) is 3.61. The van der Waals surface area contributed by atoms with E-state index in [-0.39, 0.29) is 5.91 Å². The van der Waals surface area contributed by atoms with Gasteiger partial charge in [-0.05, 0) is 43.0 Å². The minimum absolute atomic E-state index is 0.111. The zero-order valence-electron chi connectivity index (χ0n) is 12.4. The first-order valence-electron chi connectivity index (χ1n) is 7.27. The number of ether oxygens (including phenoxy) is 1. The third-order valence-corrected chi connectivity index (χ3v) is 4.83. The van der Waals surface area contributed by atoms with Gasteiger partial charge in [-0.3, -0.25) is 4.79 Å². The van der Waals surface area contributed by atoms with E-state index in [9.17, 15) is 4.79 Å². The van der Waals surface area contributed by atoms with E-state index in [1.807, 2.05) is 12.1 Å². The molecule has 0 aromatic heterocycles. The monoisotopic (exact) mass is 317 g/mol. The summed E-state index contributed by atoms with van der Waals surface area (Å²) >= 11 is 1.65. The molecule has 4 N–H and O–H groups in total. The number of carbonyl (C=O) groups is 1. The van der Waals surface area contributed by atoms with Crippen LogP contribution in [0.3, 0.4) is 0 Å². The highest BCUT2D eigenvalue weighted by Gasteiger charge is 2.27. The van der Waals surface area contributed by atoms with Crippen molar-refractivity contribution >= 4 is 23.4 Å². The molecule has 0 saturated carbocycles. The number of fused-ring (bicyclic) bond motifs is 1. The lowest BCUT2D eigenvalue weighted by Gasteiger charge is -2.25. The topological polar surface area (TPSA) is 76.4 Å². The Bertz CT molecular complexity index is 655. The first-order chi connectivity index (χ1) is 10.7. The Hall–Kier alpha value is -1.92. The highest BCUT2D eigenvalue weighted by Crippen LogP contribution is 2.39. The molecule has 1 atom stereocenters. The molecule has 0 spiro atoms. The molecule has 2 aliphatic heterocycles. The molecule has 1 amide bonds. The van der Waals surface area contributed by atoms with E-state index < -0.39 is 0 Å². The van der Waals surface area contributed by atoms with Crippen LogP contribution in [-0.2, 0) is 0 Å². The first kappa shape index (κ1) is 15.0. The maximum absolute atomic E-state index is 12.4. The molecule has 116 valence electrons. The van der Waals surface area contributed by atoms with E-state index in [4.69, 9.17) is 10.5 Å². The second-order valence-electron chi connectivity index (χ2n) is 5.21. The van der Waals surface area contributed by atoms with Gasteiger partial charge >= 0.3 is 0 Å². The summed E-state index contributed by atoms with van der Waals surface area (Å²) in [5.74, 6) is 1.65. The van der Waals surface area contributed by atoms with Crippen molar-refractivity contribution in [3.8, 4) is 5.75 Å². The molecule has 2 aliphatic rings. The number of anilines is 1. The fraction of sp³-hybridized carbons (Fsp3) is 0.312. The number of carbonyl (C=O) groups excluding carboxylic acids is 1. The summed E-state index contributed by atoms with van der Waals surface area (Å²) in [6, 6.07) is 5.46. The number of amides is 1. The Labute approximate surface area is 134 Å². The van der Waals surface area contributed by atoms with Crippen LogP contribution in [0.2, 0.25) is 0 Å². The van der Waals surface area contributed by atoms with Crippen molar-refractivity contribution in [2.24, 2.45) is 11.7 Å². The van der Waals surface area contributed by atoms with Crippen LogP contribution in [0.25, 0.3) is 0 Å². The fourth-order valence-electron chi connectivity index (χ4n) is 2.61. The molecule has 6 heteroatoms. The first-order valence-corrected chi connectivity index (χ1v) is 8.15. The van der Waals surface area contributed by atoms with Gasteiger partial charge in [-0.15, -0.1) is 0 Å². The van der Waals surface area contributed by atoms with Crippen molar-refractivity contribution in [1.29, 1.82) is 0 Å². The van der Waals surface area contributed by atoms with Crippen LogP contribution in [-0.4, -0.2) is 19.6 Å². The zero-order valence-corrected chi connectivity index (χ0v) is 13.2. The predicted molar refractivity (Wildman–Crippen MR) is 89.6 cm³/mol. The van der Waals surface area contributed by atoms with Gasteiger partial charge in [-0.2, -0.15) is 0 Å². The van der Waals surface area contributed by atoms with E-state index in [0.29, 0.717) is 23.8 Å². The number of nitrogens with two attached hydrogens (primary N) is 1. The molecule has 2 heterocycles. The number of hydrogen-bond donors (Lipinski definition) is 3. The number of nitrogens with one attached hydrogen (secondary N) is 2. The van der Waals surface area contributed by atoms with Crippen LogP contribution >= 0.6 is 11.8 Å². The highest BCUT2D eigenvalue weighted by atomic mass is 32.2. The van der Waals surface area contributed by atoms with Gasteiger partial charge in [-0.1, -0.05) is 17.8 Å². The molecular weight excluding hydrogens is 298 g/mol. The number of methoxy groups -OCH3 is 1. The quantitative estimate of drug-likeness (QED) is 0.796. The third kappa shape index (κ3) is 2.84. The molecule has 1 aromatic rings. The summed E-state index contributed by atoms with van der Waals surface area (Å²) < 4.78 is 5.17. The lowest BCUT2D eigenvalue weighted by molar-refractivity contribution is 0.0963. The third-order valence-electron chi connectivity index (χ3n) is 3.78. The number of allylic oxidation sites excluding steroid dienone is 2. The molecule has 1 aromatic carbocycles. The van der Waals surface area contributed by atoms with E-state index >= 15 is 0 Å². The second kappa shape index (κ2) is 6.46. The minimum Gasteiger partial charge on any atom is -0.497 e. The van der Waals surface area contributed by atoms with Crippen LogP contribution < -0.4 is 21.1 Å². The van der Waals surface area contributed by atoms with Crippen molar-refractivity contribution in [1.82, 2.24) is 5.32 Å². The smallest absolute Gasteiger partial charge is 0.259 e. The lowest BCUT2D eigenvalue weighted by atomic mass is 10.0. The van der Waals surface area contributed by atoms with Gasteiger partial charge in [0, 0.05) is 10.8 Å². The lowest BCUT2D eigenvalue weighted by Crippen LogP contribution is -2.34. The van der Waals surface area contributed by atoms with Gasteiger partial charge in [0.25, 0.3) is 5.91 Å². The van der Waals surface area contributed by atoms with E-state index in [0.717, 1.165) is 29.3 Å². The molecule has 3 rings (SSSR count). The molecule has 0 aliphatic carbocycles. The molecule has 0 radical (unpaired) electrons. The normalized spacial score (nSPS) is 23.0. The zero-order chi connectivity index (χ0) is 15.5. The average molecular weight is 317 g/mol. The van der Waals surface area contributed by atoms with Crippen molar-refractivity contribution in [3.63, 3.8) is 0 Å². The van der Waals surface area contributed by atoms with Gasteiger partial charge in [0.2, 0.25) is 0 Å². The van der Waals surface area contributed by atoms with Crippen LogP contribution in [0.4, 0.5) is 5.69 Å². The summed E-state index contributed by atoms with van der Waals surface area (Å²) in [6.07, 6.45) is 4.12. The molecule has 0 bridgehead atoms. The predicted octanol–water partition coefficient (Wildman–Crippen LogP) is 2.64. The van der Waals surface area contributed by atoms with E-state index in [1.54, 1.807) is 24.9 Å². The molecule has 5 nitrogen and oxygen atoms in total. The summed E-state index contributed by atoms with van der Waals surface area (Å²) in [5, 5.41) is 8.35. The van der Waals surface area contributed by atoms with E-state index in [2.05, 4.69) is 22.1 Å². The van der Waals surface area contributed by atoms with Gasteiger partial charge in [-0.25, -0.2) is 0 Å². The number of thioether (sulfide) groups is 1. The molecule has 0 saturated heterocycles. The van der Waals surface area contributed by atoms with Crippen molar-refractivity contribution in [2.75, 3.05) is 19.0 Å². The Morgan fingerprint density at radius 2 is 2.23 bits per heavy atom. The largest absolute Gasteiger partial charge is 0.497 e. The molecular formula is C16H19N3O2S. The van der Waals surface area contributed by atoms with Crippen molar-refractivity contribution in [3.05, 3.63) is 46.0 Å². The average Bonchev–Trinajstić information content (AvgIpc) is 3.01. The van der Waals surface area contributed by atoms with Crippen molar-refractivity contribution in [2.45, 2.75) is 12.8 Å². The summed E-state index contributed by atoms with van der Waals surface area (Å²) in [6.45, 7) is 0.681. The Morgan fingerprint density at radius 1 is 1.36 bits per heavy atom. The number of benzene rings is 1. The molecule has 0 fully saturated rings. The Balaban J connectivity index is 1.88. The number of rotatable bonds is 4.